The minimum Gasteiger partial charge on any atom is -0.450 e. The Labute approximate surface area is 186 Å². The fourth-order valence-electron chi connectivity index (χ4n) is 3.14. The number of hydrogen-bond donors (Lipinski definition) is 0. The van der Waals surface area contributed by atoms with Gasteiger partial charge < -0.3 is 9.47 Å². The average Bonchev–Trinajstić information content (AvgIpc) is 3.14. The maximum absolute atomic E-state index is 12.3. The molecule has 1 aliphatic heterocycles. The highest BCUT2D eigenvalue weighted by Gasteiger charge is 2.25. The van der Waals surface area contributed by atoms with Gasteiger partial charge in [-0.1, -0.05) is 30.3 Å². The summed E-state index contributed by atoms with van der Waals surface area (Å²) in [5.41, 5.74) is 1.28. The van der Waals surface area contributed by atoms with Crippen molar-refractivity contribution < 1.29 is 24.1 Å². The summed E-state index contributed by atoms with van der Waals surface area (Å²) >= 11 is 0. The minimum atomic E-state index is -0.759. The Kier molecular flexibility index (Phi) is 5.64. The van der Waals surface area contributed by atoms with Crippen molar-refractivity contribution in [2.45, 2.75) is 6.92 Å². The maximum Gasteiger partial charge on any atom is 0.363 e. The van der Waals surface area contributed by atoms with Gasteiger partial charge in [-0.3, -0.25) is 20.2 Å². The van der Waals surface area contributed by atoms with Gasteiger partial charge in [-0.05, 0) is 48.4 Å². The SMILES string of the molecule is Cc1ccccc1C1=N/C(=C\c2cccc(Oc3ccc([N+](=O)[O-])cc3[N+](=O)[O-])c2)C(=O)O1. The zero-order valence-electron chi connectivity index (χ0n) is 17.1. The van der Waals surface area contributed by atoms with Gasteiger partial charge in [0.15, 0.2) is 5.70 Å². The molecular formula is C23H15N3O7. The molecular weight excluding hydrogens is 430 g/mol. The van der Waals surface area contributed by atoms with E-state index in [0.717, 1.165) is 23.8 Å². The number of nitro benzene ring substituents is 2. The Balaban J connectivity index is 1.62. The molecule has 0 fully saturated rings. The molecule has 0 amide bonds. The van der Waals surface area contributed by atoms with Crippen LogP contribution in [0.3, 0.4) is 0 Å². The molecule has 10 nitrogen and oxygen atoms in total. The van der Waals surface area contributed by atoms with Crippen molar-refractivity contribution in [1.29, 1.82) is 0 Å². The number of carbonyl (C=O) groups is 1. The number of aryl methyl sites for hydroxylation is 1. The minimum absolute atomic E-state index is 0.0896. The number of carbonyl (C=O) groups excluding carboxylic acids is 1. The van der Waals surface area contributed by atoms with Crippen molar-refractivity contribution in [3.63, 3.8) is 0 Å². The quantitative estimate of drug-likeness (QED) is 0.227. The normalized spacial score (nSPS) is 14.0. The van der Waals surface area contributed by atoms with E-state index in [9.17, 15) is 25.0 Å². The number of nitro groups is 2. The Morgan fingerprint density at radius 1 is 0.970 bits per heavy atom. The zero-order valence-corrected chi connectivity index (χ0v) is 17.1. The molecule has 0 aromatic heterocycles. The van der Waals surface area contributed by atoms with E-state index in [1.165, 1.54) is 6.08 Å². The lowest BCUT2D eigenvalue weighted by atomic mass is 10.1. The van der Waals surface area contributed by atoms with Crippen LogP contribution in [0.15, 0.2) is 77.4 Å². The van der Waals surface area contributed by atoms with Gasteiger partial charge in [0, 0.05) is 11.6 Å². The topological polar surface area (TPSA) is 134 Å². The van der Waals surface area contributed by atoms with Gasteiger partial charge in [0.05, 0.1) is 15.9 Å². The summed E-state index contributed by atoms with van der Waals surface area (Å²) in [5, 5.41) is 22.2. The first-order valence-corrected chi connectivity index (χ1v) is 9.61. The summed E-state index contributed by atoms with van der Waals surface area (Å²) < 4.78 is 10.9. The third-order valence-electron chi connectivity index (χ3n) is 4.74. The highest BCUT2D eigenvalue weighted by Crippen LogP contribution is 2.34. The lowest BCUT2D eigenvalue weighted by Crippen LogP contribution is -2.06. The Morgan fingerprint density at radius 2 is 1.76 bits per heavy atom. The molecule has 0 bridgehead atoms. The van der Waals surface area contributed by atoms with Crippen molar-refractivity contribution in [2.75, 3.05) is 0 Å². The molecule has 0 radical (unpaired) electrons. The molecule has 10 heteroatoms. The molecule has 0 atom stereocenters. The van der Waals surface area contributed by atoms with E-state index in [0.29, 0.717) is 11.1 Å². The number of nitrogens with zero attached hydrogens (tertiary/aromatic N) is 3. The molecule has 0 saturated heterocycles. The van der Waals surface area contributed by atoms with E-state index >= 15 is 0 Å². The molecule has 164 valence electrons. The number of cyclic esters (lactones) is 1. The second-order valence-corrected chi connectivity index (χ2v) is 6.99. The summed E-state index contributed by atoms with van der Waals surface area (Å²) in [7, 11) is 0. The largest absolute Gasteiger partial charge is 0.450 e. The van der Waals surface area contributed by atoms with Crippen molar-refractivity contribution in [1.82, 2.24) is 0 Å². The van der Waals surface area contributed by atoms with Crippen LogP contribution in [0.25, 0.3) is 6.08 Å². The van der Waals surface area contributed by atoms with Crippen molar-refractivity contribution in [3.8, 4) is 11.5 Å². The molecule has 33 heavy (non-hydrogen) atoms. The molecule has 4 rings (SSSR count). The van der Waals surface area contributed by atoms with E-state index in [4.69, 9.17) is 9.47 Å². The van der Waals surface area contributed by atoms with Gasteiger partial charge in [-0.15, -0.1) is 0 Å². The van der Waals surface area contributed by atoms with Crippen molar-refractivity contribution >= 4 is 29.3 Å². The highest BCUT2D eigenvalue weighted by atomic mass is 16.6. The number of aliphatic imine (C=N–C) groups is 1. The smallest absolute Gasteiger partial charge is 0.363 e. The molecule has 0 N–H and O–H groups in total. The summed E-state index contributed by atoms with van der Waals surface area (Å²) in [4.78, 5) is 37.3. The first-order valence-electron chi connectivity index (χ1n) is 9.61. The standard InChI is InChI=1S/C23H15N3O7/c1-14-5-2-3-8-18(14)22-24-19(23(27)33-22)12-15-6-4-7-17(11-15)32-21-10-9-16(25(28)29)13-20(21)26(30)31/h2-13H,1H3/b19-12-. The highest BCUT2D eigenvalue weighted by molar-refractivity contribution is 6.13. The first-order chi connectivity index (χ1) is 15.8. The van der Waals surface area contributed by atoms with Gasteiger partial charge in [0.2, 0.25) is 11.6 Å². The third-order valence-corrected chi connectivity index (χ3v) is 4.74. The lowest BCUT2D eigenvalue weighted by Gasteiger charge is -2.07. The molecule has 3 aromatic rings. The molecule has 0 unspecified atom stereocenters. The van der Waals surface area contributed by atoms with E-state index in [2.05, 4.69) is 4.99 Å². The van der Waals surface area contributed by atoms with Gasteiger partial charge in [-0.2, -0.15) is 0 Å². The average molecular weight is 445 g/mol. The molecule has 0 saturated carbocycles. The molecule has 1 aliphatic rings. The van der Waals surface area contributed by atoms with Crippen LogP contribution in [-0.4, -0.2) is 21.7 Å². The predicted octanol–water partition coefficient (Wildman–Crippen LogP) is 4.95. The van der Waals surface area contributed by atoms with Crippen LogP contribution in [0.1, 0.15) is 16.7 Å². The number of ether oxygens (including phenoxy) is 2. The molecule has 3 aromatic carbocycles. The van der Waals surface area contributed by atoms with E-state index < -0.39 is 27.2 Å². The second-order valence-electron chi connectivity index (χ2n) is 6.99. The summed E-state index contributed by atoms with van der Waals surface area (Å²) in [6.07, 6.45) is 1.50. The van der Waals surface area contributed by atoms with E-state index in [1.807, 2.05) is 25.1 Å². The van der Waals surface area contributed by atoms with Crippen molar-refractivity contribution in [2.24, 2.45) is 4.99 Å². The number of benzene rings is 3. The zero-order chi connectivity index (χ0) is 23.5. The number of esters is 1. The Bertz CT molecular complexity index is 1360. The van der Waals surface area contributed by atoms with Crippen LogP contribution in [0.5, 0.6) is 11.5 Å². The van der Waals surface area contributed by atoms with Crippen LogP contribution in [0.4, 0.5) is 11.4 Å². The Hall–Kier alpha value is -4.86. The predicted molar refractivity (Wildman–Crippen MR) is 118 cm³/mol. The lowest BCUT2D eigenvalue weighted by molar-refractivity contribution is -0.394. The van der Waals surface area contributed by atoms with Gasteiger partial charge in [-0.25, -0.2) is 9.79 Å². The van der Waals surface area contributed by atoms with Crippen LogP contribution in [0.2, 0.25) is 0 Å². The molecule has 0 aliphatic carbocycles. The summed E-state index contributed by atoms with van der Waals surface area (Å²) in [5.74, 6) is -0.324. The summed E-state index contributed by atoms with van der Waals surface area (Å²) in [6.45, 7) is 1.88. The first kappa shape index (κ1) is 21.4. The van der Waals surface area contributed by atoms with Crippen LogP contribution >= 0.6 is 0 Å². The monoisotopic (exact) mass is 445 g/mol. The fourth-order valence-corrected chi connectivity index (χ4v) is 3.14. The summed E-state index contributed by atoms with van der Waals surface area (Å²) in [6, 6.07) is 16.9. The van der Waals surface area contributed by atoms with Gasteiger partial charge in [0.1, 0.15) is 5.75 Å². The third kappa shape index (κ3) is 4.59. The fraction of sp³-hybridized carbons (Fsp3) is 0.0435. The number of hydrogen-bond acceptors (Lipinski definition) is 8. The maximum atomic E-state index is 12.3. The van der Waals surface area contributed by atoms with Crippen LogP contribution < -0.4 is 4.74 Å². The van der Waals surface area contributed by atoms with Crippen LogP contribution in [0, 0.1) is 27.2 Å². The van der Waals surface area contributed by atoms with Gasteiger partial charge in [0.25, 0.3) is 5.69 Å². The van der Waals surface area contributed by atoms with E-state index in [1.54, 1.807) is 30.3 Å². The van der Waals surface area contributed by atoms with Crippen molar-refractivity contribution in [3.05, 3.63) is 109 Å². The number of rotatable bonds is 6. The van der Waals surface area contributed by atoms with E-state index in [-0.39, 0.29) is 23.1 Å². The van der Waals surface area contributed by atoms with Crippen LogP contribution in [-0.2, 0) is 9.53 Å². The Morgan fingerprint density at radius 3 is 2.48 bits per heavy atom. The number of non-ortho nitro benzene ring substituents is 1. The molecule has 0 spiro atoms. The second kappa shape index (κ2) is 8.71. The molecule has 1 heterocycles. The van der Waals surface area contributed by atoms with Gasteiger partial charge >= 0.3 is 11.7 Å².